The van der Waals surface area contributed by atoms with Gasteiger partial charge in [-0.25, -0.2) is 0 Å². The monoisotopic (exact) mass is 385 g/mol. The summed E-state index contributed by atoms with van der Waals surface area (Å²) in [5.74, 6) is 0. The average Bonchev–Trinajstić information content (AvgIpc) is 2.75. The van der Waals surface area contributed by atoms with Crippen LogP contribution in [0.2, 0.25) is 0 Å². The molecule has 4 heteroatoms. The molecule has 0 spiro atoms. The molecule has 0 aliphatic rings. The van der Waals surface area contributed by atoms with Gasteiger partial charge in [0.1, 0.15) is 0 Å². The molecule has 0 saturated heterocycles. The lowest BCUT2D eigenvalue weighted by Crippen LogP contribution is -2.28. The number of ether oxygens (including phenoxy) is 1. The van der Waals surface area contributed by atoms with Gasteiger partial charge in [-0.2, -0.15) is 5.26 Å². The molecule has 148 valence electrons. The van der Waals surface area contributed by atoms with Gasteiger partial charge in [0.25, 0.3) is 0 Å². The highest BCUT2D eigenvalue weighted by molar-refractivity contribution is 5.69. The second-order valence-corrected chi connectivity index (χ2v) is 7.19. The van der Waals surface area contributed by atoms with Crippen LogP contribution in [-0.2, 0) is 17.7 Å². The Labute approximate surface area is 173 Å². The molecule has 29 heavy (non-hydrogen) atoms. The highest BCUT2D eigenvalue weighted by Gasteiger charge is 2.12. The normalized spacial score (nSPS) is 11.5. The molecular weight excluding hydrogens is 358 g/mol. The van der Waals surface area contributed by atoms with Gasteiger partial charge in [0.2, 0.25) is 0 Å². The van der Waals surface area contributed by atoms with Gasteiger partial charge in [0, 0.05) is 13.7 Å². The molecule has 4 nitrogen and oxygen atoms in total. The van der Waals surface area contributed by atoms with Crippen molar-refractivity contribution in [2.45, 2.75) is 25.9 Å². The lowest BCUT2D eigenvalue weighted by Gasteiger charge is -2.22. The van der Waals surface area contributed by atoms with Crippen LogP contribution in [0.1, 0.15) is 22.3 Å². The van der Waals surface area contributed by atoms with Crippen LogP contribution in [0, 0.1) is 18.3 Å². The molecule has 0 aromatic heterocycles. The molecule has 0 bridgehead atoms. The SMILES string of the molecule is COC[C@H](Cc1ccc(C)cc1)Nc1ccccc1NCc1ccc(C#N)cc1. The number of nitrogens with zero attached hydrogens (tertiary/aromatic N) is 1. The Hall–Kier alpha value is -3.29. The molecule has 0 fully saturated rings. The van der Waals surface area contributed by atoms with Gasteiger partial charge in [-0.05, 0) is 48.7 Å². The second kappa shape index (κ2) is 10.3. The van der Waals surface area contributed by atoms with E-state index in [-0.39, 0.29) is 6.04 Å². The largest absolute Gasteiger partial charge is 0.383 e. The van der Waals surface area contributed by atoms with Gasteiger partial charge in [-0.3, -0.25) is 0 Å². The fourth-order valence-electron chi connectivity index (χ4n) is 3.24. The standard InChI is InChI=1S/C25H27N3O/c1-19-7-9-20(10-8-19)15-23(18-29-2)28-25-6-4-3-5-24(25)27-17-22-13-11-21(16-26)12-14-22/h3-14,23,27-28H,15,17-18H2,1-2H3/t23-/m0/s1. The van der Waals surface area contributed by atoms with E-state index < -0.39 is 0 Å². The zero-order valence-electron chi connectivity index (χ0n) is 17.0. The molecule has 0 aliphatic carbocycles. The Morgan fingerprint density at radius 3 is 2.21 bits per heavy atom. The van der Waals surface area contributed by atoms with Crippen molar-refractivity contribution in [2.75, 3.05) is 24.4 Å². The van der Waals surface area contributed by atoms with Crippen molar-refractivity contribution in [3.8, 4) is 6.07 Å². The minimum atomic E-state index is 0.167. The fourth-order valence-corrected chi connectivity index (χ4v) is 3.24. The average molecular weight is 386 g/mol. The number of nitrogens with one attached hydrogen (secondary N) is 2. The zero-order valence-corrected chi connectivity index (χ0v) is 17.0. The number of benzene rings is 3. The molecule has 2 N–H and O–H groups in total. The van der Waals surface area contributed by atoms with Gasteiger partial charge in [0.05, 0.1) is 35.7 Å². The number of para-hydroxylation sites is 2. The number of aryl methyl sites for hydroxylation is 1. The highest BCUT2D eigenvalue weighted by Crippen LogP contribution is 2.23. The summed E-state index contributed by atoms with van der Waals surface area (Å²) in [5.41, 5.74) is 6.45. The van der Waals surface area contributed by atoms with Crippen molar-refractivity contribution < 1.29 is 4.74 Å². The van der Waals surface area contributed by atoms with Gasteiger partial charge in [-0.1, -0.05) is 54.1 Å². The first-order chi connectivity index (χ1) is 14.2. The topological polar surface area (TPSA) is 57.1 Å². The molecule has 0 unspecified atom stereocenters. The van der Waals surface area contributed by atoms with Crippen LogP contribution in [0.25, 0.3) is 0 Å². The van der Waals surface area contributed by atoms with Gasteiger partial charge >= 0.3 is 0 Å². The summed E-state index contributed by atoms with van der Waals surface area (Å²) in [6.45, 7) is 3.42. The third kappa shape index (κ3) is 6.10. The van der Waals surface area contributed by atoms with Crippen molar-refractivity contribution in [1.82, 2.24) is 0 Å². The van der Waals surface area contributed by atoms with E-state index >= 15 is 0 Å². The van der Waals surface area contributed by atoms with E-state index in [1.54, 1.807) is 7.11 Å². The maximum Gasteiger partial charge on any atom is 0.0991 e. The molecule has 3 rings (SSSR count). The van der Waals surface area contributed by atoms with Crippen LogP contribution in [0.4, 0.5) is 11.4 Å². The first-order valence-electron chi connectivity index (χ1n) is 9.81. The van der Waals surface area contributed by atoms with E-state index in [1.807, 2.05) is 36.4 Å². The van der Waals surface area contributed by atoms with Crippen molar-refractivity contribution in [3.05, 3.63) is 95.1 Å². The molecular formula is C25H27N3O. The Morgan fingerprint density at radius 2 is 1.55 bits per heavy atom. The predicted molar refractivity (Wildman–Crippen MR) is 119 cm³/mol. The quantitative estimate of drug-likeness (QED) is 0.535. The predicted octanol–water partition coefficient (Wildman–Crippen LogP) is 5.15. The molecule has 3 aromatic carbocycles. The van der Waals surface area contributed by atoms with E-state index in [1.165, 1.54) is 11.1 Å². The summed E-state index contributed by atoms with van der Waals surface area (Å²) < 4.78 is 5.45. The van der Waals surface area contributed by atoms with Gasteiger partial charge < -0.3 is 15.4 Å². The van der Waals surface area contributed by atoms with Crippen LogP contribution in [0.5, 0.6) is 0 Å². The summed E-state index contributed by atoms with van der Waals surface area (Å²) in [7, 11) is 1.73. The lowest BCUT2D eigenvalue weighted by molar-refractivity contribution is 0.185. The van der Waals surface area contributed by atoms with Gasteiger partial charge in [0.15, 0.2) is 0 Å². The minimum absolute atomic E-state index is 0.167. The van der Waals surface area contributed by atoms with Crippen LogP contribution < -0.4 is 10.6 Å². The Morgan fingerprint density at radius 1 is 0.897 bits per heavy atom. The number of anilines is 2. The highest BCUT2D eigenvalue weighted by atomic mass is 16.5. The fraction of sp³-hybridized carbons (Fsp3) is 0.240. The summed E-state index contributed by atoms with van der Waals surface area (Å²) >= 11 is 0. The second-order valence-electron chi connectivity index (χ2n) is 7.19. The Bertz CT molecular complexity index is 943. The lowest BCUT2D eigenvalue weighted by atomic mass is 10.0. The smallest absolute Gasteiger partial charge is 0.0991 e. The van der Waals surface area contributed by atoms with Crippen LogP contribution in [0.15, 0.2) is 72.8 Å². The van der Waals surface area contributed by atoms with E-state index in [4.69, 9.17) is 10.00 Å². The van der Waals surface area contributed by atoms with Crippen molar-refractivity contribution in [2.24, 2.45) is 0 Å². The Balaban J connectivity index is 1.68. The maximum atomic E-state index is 8.94. The number of hydrogen-bond donors (Lipinski definition) is 2. The summed E-state index contributed by atoms with van der Waals surface area (Å²) in [5, 5.41) is 16.1. The first kappa shape index (κ1) is 20.4. The first-order valence-corrected chi connectivity index (χ1v) is 9.81. The van der Waals surface area contributed by atoms with E-state index in [9.17, 15) is 0 Å². The summed E-state index contributed by atoms with van der Waals surface area (Å²) in [6.07, 6.45) is 0.887. The zero-order chi connectivity index (χ0) is 20.5. The molecule has 0 radical (unpaired) electrons. The van der Waals surface area contributed by atoms with Crippen LogP contribution in [-0.4, -0.2) is 19.8 Å². The number of rotatable bonds is 9. The molecule has 0 saturated carbocycles. The van der Waals surface area contributed by atoms with E-state index in [2.05, 4.69) is 60.0 Å². The van der Waals surface area contributed by atoms with Crippen molar-refractivity contribution in [3.63, 3.8) is 0 Å². The van der Waals surface area contributed by atoms with Crippen LogP contribution in [0.3, 0.4) is 0 Å². The number of methoxy groups -OCH3 is 1. The molecule has 1 atom stereocenters. The van der Waals surface area contributed by atoms with Crippen molar-refractivity contribution in [1.29, 1.82) is 5.26 Å². The maximum absolute atomic E-state index is 8.94. The molecule has 0 aliphatic heterocycles. The summed E-state index contributed by atoms with van der Waals surface area (Å²) in [4.78, 5) is 0. The van der Waals surface area contributed by atoms with E-state index in [0.717, 1.165) is 23.4 Å². The molecule has 0 heterocycles. The van der Waals surface area contributed by atoms with E-state index in [0.29, 0.717) is 18.7 Å². The number of nitriles is 1. The van der Waals surface area contributed by atoms with Gasteiger partial charge in [-0.15, -0.1) is 0 Å². The van der Waals surface area contributed by atoms with Crippen molar-refractivity contribution >= 4 is 11.4 Å². The third-order valence-corrected chi connectivity index (χ3v) is 4.82. The van der Waals surface area contributed by atoms with Crippen LogP contribution >= 0.6 is 0 Å². The Kier molecular flexibility index (Phi) is 7.27. The summed E-state index contributed by atoms with van der Waals surface area (Å²) in [6, 6.07) is 26.8. The molecule has 3 aromatic rings. The minimum Gasteiger partial charge on any atom is -0.383 e. The number of hydrogen-bond acceptors (Lipinski definition) is 4. The molecule has 0 amide bonds. The third-order valence-electron chi connectivity index (χ3n) is 4.82.